The van der Waals surface area contributed by atoms with Crippen molar-refractivity contribution in [1.29, 1.82) is 0 Å². The van der Waals surface area contributed by atoms with Gasteiger partial charge in [0.25, 0.3) is 5.56 Å². The average molecular weight is 378 g/mol. The number of ether oxygens (including phenoxy) is 1. The van der Waals surface area contributed by atoms with Gasteiger partial charge in [-0.05, 0) is 31.6 Å². The SMILES string of the molecule is Cc1nc(NC(=O)C(C)C)[nH]c(=O)c1N=CC(C)C(C)[C@H]1CC[C@@H](CO)O1. The highest BCUT2D eigenvalue weighted by molar-refractivity contribution is 5.90. The molecule has 150 valence electrons. The van der Waals surface area contributed by atoms with E-state index in [0.717, 1.165) is 12.8 Å². The third-order valence-electron chi connectivity index (χ3n) is 5.03. The van der Waals surface area contributed by atoms with E-state index in [-0.39, 0.29) is 54.1 Å². The Hall–Kier alpha value is -2.06. The second-order valence-corrected chi connectivity index (χ2v) is 7.55. The first kappa shape index (κ1) is 21.2. The molecule has 8 nitrogen and oxygen atoms in total. The number of nitrogens with one attached hydrogen (secondary N) is 2. The number of hydrogen-bond acceptors (Lipinski definition) is 6. The first-order valence-corrected chi connectivity index (χ1v) is 9.45. The largest absolute Gasteiger partial charge is 0.394 e. The number of aliphatic imine (C=N–C) groups is 1. The number of aromatic nitrogens is 2. The van der Waals surface area contributed by atoms with Crippen LogP contribution in [0.4, 0.5) is 11.6 Å². The minimum atomic E-state index is -0.393. The van der Waals surface area contributed by atoms with Crippen molar-refractivity contribution in [2.75, 3.05) is 11.9 Å². The maximum atomic E-state index is 12.3. The van der Waals surface area contributed by atoms with Crippen molar-refractivity contribution in [2.45, 2.75) is 59.7 Å². The van der Waals surface area contributed by atoms with Gasteiger partial charge in [0.05, 0.1) is 24.5 Å². The molecule has 4 atom stereocenters. The average Bonchev–Trinajstić information content (AvgIpc) is 3.09. The van der Waals surface area contributed by atoms with Gasteiger partial charge in [-0.15, -0.1) is 0 Å². The third kappa shape index (κ3) is 5.46. The van der Waals surface area contributed by atoms with Crippen molar-refractivity contribution >= 4 is 23.8 Å². The van der Waals surface area contributed by atoms with Crippen LogP contribution in [-0.2, 0) is 9.53 Å². The highest BCUT2D eigenvalue weighted by Gasteiger charge is 2.31. The molecule has 8 heteroatoms. The Bertz CT molecular complexity index is 744. The number of aliphatic hydroxyl groups excluding tert-OH is 1. The normalized spacial score (nSPS) is 22.3. The number of H-pyrrole nitrogens is 1. The summed E-state index contributed by atoms with van der Waals surface area (Å²) in [5.41, 5.74) is 0.290. The number of aliphatic hydroxyl groups is 1. The number of anilines is 1. The lowest BCUT2D eigenvalue weighted by Crippen LogP contribution is -2.26. The van der Waals surface area contributed by atoms with Crippen LogP contribution in [0.2, 0.25) is 0 Å². The second kappa shape index (κ2) is 9.23. The smallest absolute Gasteiger partial charge is 0.278 e. The van der Waals surface area contributed by atoms with Crippen LogP contribution in [0.3, 0.4) is 0 Å². The maximum Gasteiger partial charge on any atom is 0.278 e. The summed E-state index contributed by atoms with van der Waals surface area (Å²) in [6, 6.07) is 0. The van der Waals surface area contributed by atoms with Gasteiger partial charge in [0.15, 0.2) is 0 Å². The van der Waals surface area contributed by atoms with E-state index in [1.807, 2.05) is 6.92 Å². The van der Waals surface area contributed by atoms with E-state index in [0.29, 0.717) is 5.69 Å². The van der Waals surface area contributed by atoms with Gasteiger partial charge in [0.1, 0.15) is 5.69 Å². The number of aryl methyl sites for hydroxylation is 1. The highest BCUT2D eigenvalue weighted by atomic mass is 16.5. The number of rotatable bonds is 7. The predicted molar refractivity (Wildman–Crippen MR) is 105 cm³/mol. The van der Waals surface area contributed by atoms with Crippen molar-refractivity contribution in [3.8, 4) is 0 Å². The molecule has 1 aromatic heterocycles. The van der Waals surface area contributed by atoms with Gasteiger partial charge in [-0.2, -0.15) is 0 Å². The summed E-state index contributed by atoms with van der Waals surface area (Å²) in [5.74, 6) is 0.00709. The summed E-state index contributed by atoms with van der Waals surface area (Å²) in [5, 5.41) is 11.8. The van der Waals surface area contributed by atoms with E-state index in [9.17, 15) is 14.7 Å². The highest BCUT2D eigenvalue weighted by Crippen LogP contribution is 2.29. The maximum absolute atomic E-state index is 12.3. The number of carbonyl (C=O) groups excluding carboxylic acids is 1. The molecule has 0 radical (unpaired) electrons. The second-order valence-electron chi connectivity index (χ2n) is 7.55. The molecule has 0 bridgehead atoms. The Morgan fingerprint density at radius 2 is 2.11 bits per heavy atom. The van der Waals surface area contributed by atoms with E-state index in [1.54, 1.807) is 27.0 Å². The van der Waals surface area contributed by atoms with Crippen molar-refractivity contribution in [2.24, 2.45) is 22.7 Å². The van der Waals surface area contributed by atoms with Crippen LogP contribution in [0.15, 0.2) is 9.79 Å². The zero-order valence-electron chi connectivity index (χ0n) is 16.7. The fraction of sp³-hybridized carbons (Fsp3) is 0.684. The molecule has 1 fully saturated rings. The summed E-state index contributed by atoms with van der Waals surface area (Å²) in [7, 11) is 0. The summed E-state index contributed by atoms with van der Waals surface area (Å²) < 4.78 is 5.83. The van der Waals surface area contributed by atoms with Crippen LogP contribution in [-0.4, -0.2) is 46.0 Å². The molecule has 1 aliphatic heterocycles. The molecular formula is C19H30N4O4. The van der Waals surface area contributed by atoms with Crippen LogP contribution in [0.5, 0.6) is 0 Å². The molecule has 0 aliphatic carbocycles. The van der Waals surface area contributed by atoms with Gasteiger partial charge in [-0.3, -0.25) is 24.9 Å². The lowest BCUT2D eigenvalue weighted by atomic mass is 9.90. The molecule has 1 aliphatic rings. The molecule has 0 aromatic carbocycles. The number of nitrogens with zero attached hydrogens (tertiary/aromatic N) is 2. The van der Waals surface area contributed by atoms with E-state index in [1.165, 1.54) is 0 Å². The van der Waals surface area contributed by atoms with E-state index < -0.39 is 5.56 Å². The molecule has 0 spiro atoms. The van der Waals surface area contributed by atoms with Crippen LogP contribution in [0, 0.1) is 24.7 Å². The molecule has 2 unspecified atom stereocenters. The number of carbonyl (C=O) groups is 1. The van der Waals surface area contributed by atoms with Gasteiger partial charge in [-0.25, -0.2) is 4.98 Å². The van der Waals surface area contributed by atoms with E-state index in [4.69, 9.17) is 4.74 Å². The van der Waals surface area contributed by atoms with Crippen molar-refractivity contribution in [3.05, 3.63) is 16.0 Å². The molecular weight excluding hydrogens is 348 g/mol. The van der Waals surface area contributed by atoms with Crippen LogP contribution in [0.25, 0.3) is 0 Å². The Balaban J connectivity index is 2.07. The topological polar surface area (TPSA) is 117 Å². The third-order valence-corrected chi connectivity index (χ3v) is 5.03. The van der Waals surface area contributed by atoms with Gasteiger partial charge in [0.2, 0.25) is 11.9 Å². The van der Waals surface area contributed by atoms with Gasteiger partial charge in [-0.1, -0.05) is 27.7 Å². The quantitative estimate of drug-likeness (QED) is 0.629. The number of amides is 1. The monoisotopic (exact) mass is 378 g/mol. The van der Waals surface area contributed by atoms with Crippen LogP contribution in [0.1, 0.15) is 46.2 Å². The standard InChI is InChI=1S/C19H30N4O4/c1-10(2)17(25)22-19-21-13(5)16(18(26)23-19)20-8-11(3)12(4)15-7-6-14(9-24)27-15/h8,10-12,14-15,24H,6-7,9H2,1-5H3,(H2,21,22,23,25,26)/t11?,12?,14-,15+/m0/s1. The molecule has 27 heavy (non-hydrogen) atoms. The van der Waals surface area contributed by atoms with Gasteiger partial charge < -0.3 is 9.84 Å². The number of aromatic amines is 1. The van der Waals surface area contributed by atoms with Crippen LogP contribution < -0.4 is 10.9 Å². The fourth-order valence-electron chi connectivity index (χ4n) is 2.97. The molecule has 1 saturated heterocycles. The van der Waals surface area contributed by atoms with Crippen LogP contribution >= 0.6 is 0 Å². The summed E-state index contributed by atoms with van der Waals surface area (Å²) in [4.78, 5) is 35.2. The lowest BCUT2D eigenvalue weighted by Gasteiger charge is -2.23. The summed E-state index contributed by atoms with van der Waals surface area (Å²) >= 11 is 0. The van der Waals surface area contributed by atoms with Gasteiger partial charge >= 0.3 is 0 Å². The first-order chi connectivity index (χ1) is 12.7. The fourth-order valence-corrected chi connectivity index (χ4v) is 2.97. The zero-order valence-corrected chi connectivity index (χ0v) is 16.7. The Morgan fingerprint density at radius 3 is 2.67 bits per heavy atom. The molecule has 0 saturated carbocycles. The van der Waals surface area contributed by atoms with Gasteiger partial charge in [0, 0.05) is 12.1 Å². The Kier molecular flexibility index (Phi) is 7.26. The summed E-state index contributed by atoms with van der Waals surface area (Å²) in [6.07, 6.45) is 3.52. The molecule has 2 heterocycles. The Labute approximate surface area is 159 Å². The van der Waals surface area contributed by atoms with Crippen molar-refractivity contribution in [3.63, 3.8) is 0 Å². The number of hydrogen-bond donors (Lipinski definition) is 3. The summed E-state index contributed by atoms with van der Waals surface area (Å²) in [6.45, 7) is 9.37. The molecule has 3 N–H and O–H groups in total. The van der Waals surface area contributed by atoms with E-state index >= 15 is 0 Å². The van der Waals surface area contributed by atoms with Crippen molar-refractivity contribution < 1.29 is 14.6 Å². The minimum absolute atomic E-state index is 0.0472. The molecule has 1 amide bonds. The minimum Gasteiger partial charge on any atom is -0.394 e. The Morgan fingerprint density at radius 1 is 1.41 bits per heavy atom. The molecule has 1 aromatic rings. The molecule has 2 rings (SSSR count). The first-order valence-electron chi connectivity index (χ1n) is 9.45. The van der Waals surface area contributed by atoms with E-state index in [2.05, 4.69) is 27.2 Å². The zero-order chi connectivity index (χ0) is 20.1. The predicted octanol–water partition coefficient (Wildman–Crippen LogP) is 2.19. The lowest BCUT2D eigenvalue weighted by molar-refractivity contribution is -0.118. The van der Waals surface area contributed by atoms with Crippen molar-refractivity contribution in [1.82, 2.24) is 9.97 Å².